The number of benzene rings is 1. The minimum Gasteiger partial charge on any atom is -0.480 e. The molecule has 2 N–H and O–H groups in total. The van der Waals surface area contributed by atoms with Crippen molar-refractivity contribution in [1.29, 1.82) is 0 Å². The molecule has 0 radical (unpaired) electrons. The molecule has 3 aromatic rings. The number of carboxylic acid groups (broad SMARTS) is 1. The third kappa shape index (κ3) is 4.37. The Labute approximate surface area is 162 Å². The normalized spacial score (nSPS) is 11.2. The van der Waals surface area contributed by atoms with Gasteiger partial charge in [-0.2, -0.15) is 5.10 Å². The number of aromatic nitrogens is 4. The van der Waals surface area contributed by atoms with Gasteiger partial charge in [-0.15, -0.1) is 0 Å². The molecule has 28 heavy (non-hydrogen) atoms. The monoisotopic (exact) mass is 384 g/mol. The van der Waals surface area contributed by atoms with Crippen LogP contribution < -0.4 is 5.32 Å². The standard InChI is InChI=1S/C19H24N6O3/c1-3-23(4-2)11-12-25-16-8-6-5-7-14(16)20-19(25)21-18(28)15-9-10-24(22-15)13-17(26)27/h5-10H,3-4,11-13H2,1-2H3,(H,26,27)(H,20,21,28). The van der Waals surface area contributed by atoms with Crippen molar-refractivity contribution >= 4 is 28.9 Å². The number of likely N-dealkylation sites (N-methyl/N-ethyl adjacent to an activating group) is 1. The number of imidazole rings is 1. The van der Waals surface area contributed by atoms with Crippen LogP contribution in [0.4, 0.5) is 5.95 Å². The van der Waals surface area contributed by atoms with E-state index in [1.165, 1.54) is 16.9 Å². The molecule has 0 unspecified atom stereocenters. The Morgan fingerprint density at radius 2 is 1.93 bits per heavy atom. The first-order chi connectivity index (χ1) is 13.5. The summed E-state index contributed by atoms with van der Waals surface area (Å²) in [5.74, 6) is -0.997. The first-order valence-corrected chi connectivity index (χ1v) is 9.26. The predicted molar refractivity (Wildman–Crippen MR) is 105 cm³/mol. The van der Waals surface area contributed by atoms with Crippen LogP contribution in [0.3, 0.4) is 0 Å². The summed E-state index contributed by atoms with van der Waals surface area (Å²) in [4.78, 5) is 30.2. The Morgan fingerprint density at radius 1 is 1.18 bits per heavy atom. The molecule has 0 aliphatic carbocycles. The minimum absolute atomic E-state index is 0.142. The number of aliphatic carboxylic acids is 1. The lowest BCUT2D eigenvalue weighted by atomic mass is 10.3. The first kappa shape index (κ1) is 19.6. The number of nitrogens with zero attached hydrogens (tertiary/aromatic N) is 5. The van der Waals surface area contributed by atoms with Crippen LogP contribution >= 0.6 is 0 Å². The van der Waals surface area contributed by atoms with Crippen LogP contribution in [0, 0.1) is 0 Å². The number of amides is 1. The molecule has 2 heterocycles. The van der Waals surface area contributed by atoms with Crippen molar-refractivity contribution in [2.75, 3.05) is 25.0 Å². The minimum atomic E-state index is -1.02. The molecule has 0 atom stereocenters. The number of hydrogen-bond donors (Lipinski definition) is 2. The van der Waals surface area contributed by atoms with Crippen molar-refractivity contribution in [3.8, 4) is 0 Å². The molecular formula is C19H24N6O3. The first-order valence-electron chi connectivity index (χ1n) is 9.26. The maximum absolute atomic E-state index is 12.6. The quantitative estimate of drug-likeness (QED) is 0.584. The van der Waals surface area contributed by atoms with E-state index in [0.717, 1.165) is 30.7 Å². The average Bonchev–Trinajstić information content (AvgIpc) is 3.27. The summed E-state index contributed by atoms with van der Waals surface area (Å²) in [5.41, 5.74) is 1.89. The Kier molecular flexibility index (Phi) is 6.05. The van der Waals surface area contributed by atoms with Gasteiger partial charge in [-0.25, -0.2) is 4.98 Å². The Morgan fingerprint density at radius 3 is 2.64 bits per heavy atom. The van der Waals surface area contributed by atoms with Crippen LogP contribution in [-0.4, -0.2) is 60.8 Å². The molecule has 2 aromatic heterocycles. The maximum Gasteiger partial charge on any atom is 0.325 e. The smallest absolute Gasteiger partial charge is 0.325 e. The lowest BCUT2D eigenvalue weighted by Crippen LogP contribution is -2.27. The summed E-state index contributed by atoms with van der Waals surface area (Å²) in [6, 6.07) is 9.21. The highest BCUT2D eigenvalue weighted by Crippen LogP contribution is 2.20. The van der Waals surface area contributed by atoms with E-state index in [0.29, 0.717) is 12.5 Å². The second kappa shape index (κ2) is 8.66. The number of carbonyl (C=O) groups excluding carboxylic acids is 1. The lowest BCUT2D eigenvalue weighted by Gasteiger charge is -2.19. The second-order valence-electron chi connectivity index (χ2n) is 6.35. The second-order valence-corrected chi connectivity index (χ2v) is 6.35. The fourth-order valence-electron chi connectivity index (χ4n) is 3.05. The van der Waals surface area contributed by atoms with Crippen molar-refractivity contribution in [3.63, 3.8) is 0 Å². The fraction of sp³-hybridized carbons (Fsp3) is 0.368. The van der Waals surface area contributed by atoms with Gasteiger partial charge < -0.3 is 14.6 Å². The van der Waals surface area contributed by atoms with Gasteiger partial charge in [0.05, 0.1) is 11.0 Å². The molecule has 0 saturated heterocycles. The topological polar surface area (TPSA) is 105 Å². The van der Waals surface area contributed by atoms with Crippen LogP contribution in [0.25, 0.3) is 11.0 Å². The molecule has 9 nitrogen and oxygen atoms in total. The molecule has 9 heteroatoms. The molecule has 148 valence electrons. The van der Waals surface area contributed by atoms with E-state index < -0.39 is 11.9 Å². The molecule has 0 fully saturated rings. The zero-order valence-corrected chi connectivity index (χ0v) is 16.0. The highest BCUT2D eigenvalue weighted by molar-refractivity contribution is 6.02. The van der Waals surface area contributed by atoms with Gasteiger partial charge in [-0.1, -0.05) is 26.0 Å². The molecule has 1 amide bonds. The zero-order valence-electron chi connectivity index (χ0n) is 16.0. The summed E-state index contributed by atoms with van der Waals surface area (Å²) in [6.07, 6.45) is 1.46. The fourth-order valence-corrected chi connectivity index (χ4v) is 3.05. The van der Waals surface area contributed by atoms with Gasteiger partial charge in [0.1, 0.15) is 6.54 Å². The number of para-hydroxylation sites is 2. The molecule has 0 spiro atoms. The van der Waals surface area contributed by atoms with Crippen molar-refractivity contribution in [3.05, 3.63) is 42.2 Å². The third-order valence-corrected chi connectivity index (χ3v) is 4.58. The van der Waals surface area contributed by atoms with Gasteiger partial charge in [0.15, 0.2) is 5.69 Å². The number of carboxylic acids is 1. The summed E-state index contributed by atoms with van der Waals surface area (Å²) in [7, 11) is 0. The SMILES string of the molecule is CCN(CC)CCn1c(NC(=O)c2ccn(CC(=O)O)n2)nc2ccccc21. The molecule has 3 rings (SSSR count). The highest BCUT2D eigenvalue weighted by Gasteiger charge is 2.17. The molecule has 0 bridgehead atoms. The van der Waals surface area contributed by atoms with Crippen molar-refractivity contribution in [2.24, 2.45) is 0 Å². The molecule has 1 aromatic carbocycles. The van der Waals surface area contributed by atoms with Gasteiger partial charge in [0.2, 0.25) is 5.95 Å². The average molecular weight is 384 g/mol. The molecule has 0 aliphatic rings. The van der Waals surface area contributed by atoms with Crippen LogP contribution in [-0.2, 0) is 17.9 Å². The van der Waals surface area contributed by atoms with E-state index >= 15 is 0 Å². The van der Waals surface area contributed by atoms with E-state index in [1.54, 1.807) is 0 Å². The Bertz CT molecular complexity index is 973. The highest BCUT2D eigenvalue weighted by atomic mass is 16.4. The van der Waals surface area contributed by atoms with Crippen LogP contribution in [0.5, 0.6) is 0 Å². The molecule has 0 saturated carbocycles. The Balaban J connectivity index is 1.83. The van der Waals surface area contributed by atoms with Crippen molar-refractivity contribution in [2.45, 2.75) is 26.9 Å². The number of hydrogen-bond acceptors (Lipinski definition) is 5. The van der Waals surface area contributed by atoms with Crippen LogP contribution in [0.1, 0.15) is 24.3 Å². The van der Waals surface area contributed by atoms with Gasteiger partial charge in [0, 0.05) is 19.3 Å². The van der Waals surface area contributed by atoms with Gasteiger partial charge in [-0.3, -0.25) is 19.6 Å². The summed E-state index contributed by atoms with van der Waals surface area (Å²) in [6.45, 7) is 7.36. The maximum atomic E-state index is 12.6. The number of fused-ring (bicyclic) bond motifs is 1. The van der Waals surface area contributed by atoms with Gasteiger partial charge in [-0.05, 0) is 31.3 Å². The number of rotatable bonds is 9. The van der Waals surface area contributed by atoms with Crippen LogP contribution in [0.15, 0.2) is 36.5 Å². The lowest BCUT2D eigenvalue weighted by molar-refractivity contribution is -0.137. The van der Waals surface area contributed by atoms with Gasteiger partial charge >= 0.3 is 5.97 Å². The number of nitrogens with one attached hydrogen (secondary N) is 1. The Hall–Kier alpha value is -3.20. The predicted octanol–water partition coefficient (Wildman–Crippen LogP) is 1.91. The van der Waals surface area contributed by atoms with Crippen LogP contribution in [0.2, 0.25) is 0 Å². The van der Waals surface area contributed by atoms with E-state index in [9.17, 15) is 9.59 Å². The van der Waals surface area contributed by atoms with E-state index in [-0.39, 0.29) is 12.2 Å². The third-order valence-electron chi connectivity index (χ3n) is 4.58. The van der Waals surface area contributed by atoms with Crippen molar-refractivity contribution in [1.82, 2.24) is 24.2 Å². The molecular weight excluding hydrogens is 360 g/mol. The number of anilines is 1. The zero-order chi connectivity index (χ0) is 20.1. The summed E-state index contributed by atoms with van der Waals surface area (Å²) in [5, 5.41) is 15.7. The number of carbonyl (C=O) groups is 2. The van der Waals surface area contributed by atoms with Crippen molar-refractivity contribution < 1.29 is 14.7 Å². The summed E-state index contributed by atoms with van der Waals surface area (Å²) < 4.78 is 3.19. The summed E-state index contributed by atoms with van der Waals surface area (Å²) >= 11 is 0. The van der Waals surface area contributed by atoms with E-state index in [4.69, 9.17) is 5.11 Å². The van der Waals surface area contributed by atoms with Gasteiger partial charge in [0.25, 0.3) is 5.91 Å². The largest absolute Gasteiger partial charge is 0.480 e. The molecule has 0 aliphatic heterocycles. The van der Waals surface area contributed by atoms with E-state index in [1.807, 2.05) is 28.8 Å². The van der Waals surface area contributed by atoms with E-state index in [2.05, 4.69) is 34.1 Å².